The molecule has 2 aromatic rings. The lowest BCUT2D eigenvalue weighted by molar-refractivity contribution is -0.124. The minimum Gasteiger partial charge on any atom is -0.326 e. The highest BCUT2D eigenvalue weighted by Crippen LogP contribution is 2.29. The molecule has 0 aromatic heterocycles. The summed E-state index contributed by atoms with van der Waals surface area (Å²) in [6.45, 7) is 5.58. The van der Waals surface area contributed by atoms with Crippen LogP contribution in [0.2, 0.25) is 0 Å². The van der Waals surface area contributed by atoms with Crippen molar-refractivity contribution in [2.75, 3.05) is 10.2 Å². The smallest absolute Gasteiger partial charge is 0.326 e. The molecule has 27 heavy (non-hydrogen) atoms. The summed E-state index contributed by atoms with van der Waals surface area (Å²) in [4.78, 5) is 41.1. The van der Waals surface area contributed by atoms with Gasteiger partial charge in [0.25, 0.3) is 5.91 Å². The van der Waals surface area contributed by atoms with Crippen molar-refractivity contribution in [2.24, 2.45) is 0 Å². The molecular formula is C21H23N3O3. The second-order valence-corrected chi connectivity index (χ2v) is 6.93. The van der Waals surface area contributed by atoms with Gasteiger partial charge in [0, 0.05) is 11.7 Å². The summed E-state index contributed by atoms with van der Waals surface area (Å²) in [5, 5.41) is 2.78. The number of urea groups is 1. The maximum absolute atomic E-state index is 13.0. The molecule has 6 heteroatoms. The summed E-state index contributed by atoms with van der Waals surface area (Å²) in [6.07, 6.45) is -0.0834. The predicted molar refractivity (Wildman–Crippen MR) is 105 cm³/mol. The van der Waals surface area contributed by atoms with Crippen molar-refractivity contribution in [1.82, 2.24) is 4.90 Å². The quantitative estimate of drug-likeness (QED) is 0.824. The van der Waals surface area contributed by atoms with Crippen molar-refractivity contribution in [3.63, 3.8) is 0 Å². The van der Waals surface area contributed by atoms with Gasteiger partial charge in [0.2, 0.25) is 5.91 Å². The van der Waals surface area contributed by atoms with Crippen LogP contribution >= 0.6 is 0 Å². The standard InChI is InChI=1S/C21H23N3O3/c1-14(2)23-18(13-19(25)22-16-9-5-4-6-10-16)20(26)24(21(23)27)17-11-7-8-15(3)12-17/h4-12,14,18H,13H2,1-3H3,(H,22,25)/t18-/m1/s1. The molecule has 1 fully saturated rings. The van der Waals surface area contributed by atoms with Gasteiger partial charge in [-0.3, -0.25) is 9.59 Å². The molecule has 0 radical (unpaired) electrons. The van der Waals surface area contributed by atoms with Crippen LogP contribution in [0.15, 0.2) is 54.6 Å². The first kappa shape index (κ1) is 18.6. The number of aryl methyl sites for hydroxylation is 1. The van der Waals surface area contributed by atoms with Gasteiger partial charge in [-0.1, -0.05) is 30.3 Å². The fourth-order valence-corrected chi connectivity index (χ4v) is 3.29. The lowest BCUT2D eigenvalue weighted by atomic mass is 10.1. The second-order valence-electron chi connectivity index (χ2n) is 6.93. The van der Waals surface area contributed by atoms with Crippen LogP contribution < -0.4 is 10.2 Å². The van der Waals surface area contributed by atoms with Crippen LogP contribution in [0.4, 0.5) is 16.2 Å². The summed E-state index contributed by atoms with van der Waals surface area (Å²) in [6, 6.07) is 14.9. The summed E-state index contributed by atoms with van der Waals surface area (Å²) in [5.74, 6) is -0.674. The first-order chi connectivity index (χ1) is 12.9. The third-order valence-electron chi connectivity index (χ3n) is 4.51. The van der Waals surface area contributed by atoms with Crippen molar-refractivity contribution in [2.45, 2.75) is 39.3 Å². The Hall–Kier alpha value is -3.15. The number of hydrogen-bond donors (Lipinski definition) is 1. The first-order valence-corrected chi connectivity index (χ1v) is 8.96. The molecule has 1 saturated heterocycles. The summed E-state index contributed by atoms with van der Waals surface area (Å²) >= 11 is 0. The lowest BCUT2D eigenvalue weighted by Gasteiger charge is -2.25. The molecule has 3 rings (SSSR count). The molecule has 0 saturated carbocycles. The fourth-order valence-electron chi connectivity index (χ4n) is 3.29. The van der Waals surface area contributed by atoms with Crippen molar-refractivity contribution in [1.29, 1.82) is 0 Å². The molecule has 0 aliphatic carbocycles. The maximum Gasteiger partial charge on any atom is 0.332 e. The number of carbonyl (C=O) groups is 3. The van der Waals surface area contributed by atoms with E-state index < -0.39 is 12.1 Å². The molecule has 1 N–H and O–H groups in total. The molecule has 1 heterocycles. The lowest BCUT2D eigenvalue weighted by Crippen LogP contribution is -2.42. The number of para-hydroxylation sites is 1. The van der Waals surface area contributed by atoms with E-state index in [1.165, 1.54) is 9.80 Å². The molecule has 1 aliphatic heterocycles. The topological polar surface area (TPSA) is 69.7 Å². The summed E-state index contributed by atoms with van der Waals surface area (Å²) in [5.41, 5.74) is 2.14. The van der Waals surface area contributed by atoms with Crippen molar-refractivity contribution in [3.8, 4) is 0 Å². The van der Waals surface area contributed by atoms with Crippen molar-refractivity contribution in [3.05, 3.63) is 60.2 Å². The number of nitrogens with zero attached hydrogens (tertiary/aromatic N) is 2. The number of rotatable bonds is 5. The van der Waals surface area contributed by atoms with Crippen LogP contribution in [0.1, 0.15) is 25.8 Å². The fraction of sp³-hybridized carbons (Fsp3) is 0.286. The summed E-state index contributed by atoms with van der Waals surface area (Å²) in [7, 11) is 0. The van der Waals surface area contributed by atoms with E-state index in [0.717, 1.165) is 5.56 Å². The SMILES string of the molecule is Cc1cccc(N2C(=O)[C@@H](CC(=O)Nc3ccccc3)N(C(C)C)C2=O)c1. The zero-order valence-corrected chi connectivity index (χ0v) is 15.7. The second kappa shape index (κ2) is 7.61. The molecule has 2 aromatic carbocycles. The Morgan fingerprint density at radius 2 is 1.78 bits per heavy atom. The molecular weight excluding hydrogens is 342 g/mol. The minimum absolute atomic E-state index is 0.0834. The monoisotopic (exact) mass is 365 g/mol. The first-order valence-electron chi connectivity index (χ1n) is 8.96. The van der Waals surface area contributed by atoms with Gasteiger partial charge in [-0.25, -0.2) is 9.69 Å². The third kappa shape index (κ3) is 3.84. The Kier molecular flexibility index (Phi) is 5.26. The van der Waals surface area contributed by atoms with Gasteiger partial charge in [0.15, 0.2) is 0 Å². The van der Waals surface area contributed by atoms with Crippen LogP contribution in [0, 0.1) is 6.92 Å². The number of amides is 4. The molecule has 140 valence electrons. The van der Waals surface area contributed by atoms with E-state index in [-0.39, 0.29) is 24.3 Å². The average Bonchev–Trinajstić information content (AvgIpc) is 2.86. The largest absolute Gasteiger partial charge is 0.332 e. The minimum atomic E-state index is -0.818. The highest BCUT2D eigenvalue weighted by atomic mass is 16.2. The van der Waals surface area contributed by atoms with E-state index in [1.54, 1.807) is 30.3 Å². The Balaban J connectivity index is 1.83. The molecule has 4 amide bonds. The number of anilines is 2. The Labute approximate surface area is 158 Å². The Morgan fingerprint density at radius 3 is 2.41 bits per heavy atom. The normalized spacial score (nSPS) is 17.0. The maximum atomic E-state index is 13.0. The highest BCUT2D eigenvalue weighted by Gasteiger charge is 2.47. The van der Waals surface area contributed by atoms with Gasteiger partial charge < -0.3 is 10.2 Å². The van der Waals surface area contributed by atoms with Crippen LogP contribution in [0.5, 0.6) is 0 Å². The van der Waals surface area contributed by atoms with Gasteiger partial charge >= 0.3 is 6.03 Å². The highest BCUT2D eigenvalue weighted by molar-refractivity contribution is 6.22. The van der Waals surface area contributed by atoms with Crippen LogP contribution in [-0.2, 0) is 9.59 Å². The van der Waals surface area contributed by atoms with E-state index in [9.17, 15) is 14.4 Å². The number of imide groups is 1. The van der Waals surface area contributed by atoms with Crippen LogP contribution in [0.3, 0.4) is 0 Å². The molecule has 0 unspecified atom stereocenters. The van der Waals surface area contributed by atoms with E-state index >= 15 is 0 Å². The summed E-state index contributed by atoms with van der Waals surface area (Å²) < 4.78 is 0. The van der Waals surface area contributed by atoms with E-state index in [2.05, 4.69) is 5.32 Å². The molecule has 0 bridgehead atoms. The van der Waals surface area contributed by atoms with Crippen LogP contribution in [0.25, 0.3) is 0 Å². The number of carbonyl (C=O) groups excluding carboxylic acids is 3. The number of hydrogen-bond acceptors (Lipinski definition) is 3. The van der Waals surface area contributed by atoms with Gasteiger partial charge in [0.05, 0.1) is 12.1 Å². The number of nitrogens with one attached hydrogen (secondary N) is 1. The molecule has 1 atom stereocenters. The zero-order chi connectivity index (χ0) is 19.6. The van der Waals surface area contributed by atoms with Crippen molar-refractivity contribution >= 4 is 29.2 Å². The van der Waals surface area contributed by atoms with Gasteiger partial charge in [-0.15, -0.1) is 0 Å². The average molecular weight is 365 g/mol. The van der Waals surface area contributed by atoms with E-state index in [1.807, 2.05) is 45.0 Å². The third-order valence-corrected chi connectivity index (χ3v) is 4.51. The van der Waals surface area contributed by atoms with Gasteiger partial charge in [-0.05, 0) is 50.6 Å². The Morgan fingerprint density at radius 1 is 1.07 bits per heavy atom. The zero-order valence-electron chi connectivity index (χ0n) is 15.7. The Bertz CT molecular complexity index is 864. The van der Waals surface area contributed by atoms with Gasteiger partial charge in [-0.2, -0.15) is 0 Å². The molecule has 1 aliphatic rings. The van der Waals surface area contributed by atoms with E-state index in [0.29, 0.717) is 11.4 Å². The van der Waals surface area contributed by atoms with E-state index in [4.69, 9.17) is 0 Å². The predicted octanol–water partition coefficient (Wildman–Crippen LogP) is 3.57. The van der Waals surface area contributed by atoms with Crippen LogP contribution in [-0.4, -0.2) is 34.8 Å². The van der Waals surface area contributed by atoms with Gasteiger partial charge in [0.1, 0.15) is 6.04 Å². The molecule has 6 nitrogen and oxygen atoms in total. The molecule has 0 spiro atoms. The number of benzene rings is 2. The van der Waals surface area contributed by atoms with Crippen molar-refractivity contribution < 1.29 is 14.4 Å².